The summed E-state index contributed by atoms with van der Waals surface area (Å²) in [5.41, 5.74) is 1.09. The predicted molar refractivity (Wildman–Crippen MR) is 112 cm³/mol. The lowest BCUT2D eigenvalue weighted by atomic mass is 10.0. The molecule has 1 fully saturated rings. The van der Waals surface area contributed by atoms with Crippen LogP contribution in [0.15, 0.2) is 59.2 Å². The highest BCUT2D eigenvalue weighted by Gasteiger charge is 2.47. The Bertz CT molecular complexity index is 1070. The fourth-order valence-electron chi connectivity index (χ4n) is 4.32. The van der Waals surface area contributed by atoms with Crippen LogP contribution in [0.25, 0.3) is 0 Å². The molecule has 32 heavy (non-hydrogen) atoms. The number of hydrogen-bond donors (Lipinski definition) is 1. The van der Waals surface area contributed by atoms with Crippen molar-refractivity contribution in [2.45, 2.75) is 24.7 Å². The van der Waals surface area contributed by atoms with Gasteiger partial charge >= 0.3 is 6.18 Å². The molecule has 0 aliphatic carbocycles. The Balaban J connectivity index is 1.34. The number of amides is 1. The number of furan rings is 1. The fraction of sp³-hybridized carbons (Fsp3) is 0.364. The summed E-state index contributed by atoms with van der Waals surface area (Å²) in [5, 5.41) is 7.10. The first-order valence-electron chi connectivity index (χ1n) is 10.5. The van der Waals surface area contributed by atoms with E-state index in [-0.39, 0.29) is 23.8 Å². The lowest BCUT2D eigenvalue weighted by Gasteiger charge is -2.35. The summed E-state index contributed by atoms with van der Waals surface area (Å²) in [5.74, 6) is 0.208. The average molecular weight is 445 g/mol. The standard InChI is InChI=1S/C22H22F3N5O2/c23-22(24,25)19-13-16(18-7-4-12-32-18)26-20-14-17(27-30(19)20)21(31)29-10-8-28(9-11-29)15-5-2-1-3-6-15/h1-7,12,14,16,19,26H,8-11,13H2/t16-,19-/m1/s1. The van der Waals surface area contributed by atoms with E-state index in [4.69, 9.17) is 4.42 Å². The molecular formula is C22H22F3N5O2. The maximum atomic E-state index is 13.8. The number of nitrogens with one attached hydrogen (secondary N) is 1. The first-order valence-corrected chi connectivity index (χ1v) is 10.5. The van der Waals surface area contributed by atoms with Gasteiger partial charge in [0.15, 0.2) is 11.7 Å². The van der Waals surface area contributed by atoms with Gasteiger partial charge in [-0.25, -0.2) is 4.68 Å². The Kier molecular flexibility index (Phi) is 5.07. The van der Waals surface area contributed by atoms with Gasteiger partial charge in [-0.2, -0.15) is 18.3 Å². The van der Waals surface area contributed by atoms with Gasteiger partial charge in [-0.15, -0.1) is 0 Å². The Labute approximate surface area is 182 Å². The summed E-state index contributed by atoms with van der Waals surface area (Å²) < 4.78 is 47.5. The maximum Gasteiger partial charge on any atom is 0.410 e. The Hall–Kier alpha value is -3.43. The third kappa shape index (κ3) is 3.80. The number of piperazine rings is 1. The second kappa shape index (κ2) is 7.92. The van der Waals surface area contributed by atoms with Crippen molar-refractivity contribution in [1.82, 2.24) is 14.7 Å². The lowest BCUT2D eigenvalue weighted by molar-refractivity contribution is -0.174. The van der Waals surface area contributed by atoms with E-state index in [2.05, 4.69) is 15.3 Å². The summed E-state index contributed by atoms with van der Waals surface area (Å²) in [6.45, 7) is 2.24. The van der Waals surface area contributed by atoms with Crippen molar-refractivity contribution in [1.29, 1.82) is 0 Å². The SMILES string of the molecule is O=C(c1cc2n(n1)[C@@H](C(F)(F)F)C[C@H](c1ccco1)N2)N1CCN(c2ccccc2)CC1. The zero-order valence-electron chi connectivity index (χ0n) is 17.1. The second-order valence-corrected chi connectivity index (χ2v) is 7.98. The largest absolute Gasteiger partial charge is 0.467 e. The number of carbonyl (C=O) groups excluding carboxylic acids is 1. The minimum absolute atomic E-state index is 0.00926. The molecule has 0 radical (unpaired) electrons. The zero-order chi connectivity index (χ0) is 22.3. The molecule has 0 bridgehead atoms. The fourth-order valence-corrected chi connectivity index (χ4v) is 4.32. The van der Waals surface area contributed by atoms with Gasteiger partial charge in [0.1, 0.15) is 11.6 Å². The number of para-hydroxylation sites is 1. The van der Waals surface area contributed by atoms with E-state index in [1.54, 1.807) is 17.0 Å². The quantitative estimate of drug-likeness (QED) is 0.658. The number of fused-ring (bicyclic) bond motifs is 1. The number of nitrogens with zero attached hydrogens (tertiary/aromatic N) is 4. The van der Waals surface area contributed by atoms with Crippen LogP contribution in [0.5, 0.6) is 0 Å². The molecule has 10 heteroatoms. The number of halogens is 3. The van der Waals surface area contributed by atoms with E-state index >= 15 is 0 Å². The molecule has 0 unspecified atom stereocenters. The van der Waals surface area contributed by atoms with Gasteiger partial charge in [0.2, 0.25) is 0 Å². The van der Waals surface area contributed by atoms with E-state index in [0.717, 1.165) is 10.4 Å². The Morgan fingerprint density at radius 2 is 1.81 bits per heavy atom. The van der Waals surface area contributed by atoms with Crippen molar-refractivity contribution in [3.8, 4) is 0 Å². The molecule has 2 aromatic heterocycles. The molecule has 4 heterocycles. The molecule has 1 aromatic carbocycles. The van der Waals surface area contributed by atoms with Crippen molar-refractivity contribution in [2.75, 3.05) is 36.4 Å². The highest BCUT2D eigenvalue weighted by Crippen LogP contribution is 2.43. The summed E-state index contributed by atoms with van der Waals surface area (Å²) >= 11 is 0. The highest BCUT2D eigenvalue weighted by molar-refractivity contribution is 5.93. The molecule has 1 amide bonds. The molecule has 1 N–H and O–H groups in total. The first kappa shape index (κ1) is 20.5. The number of alkyl halides is 3. The molecular weight excluding hydrogens is 423 g/mol. The normalized spacial score (nSPS) is 21.2. The lowest BCUT2D eigenvalue weighted by Crippen LogP contribution is -2.49. The van der Waals surface area contributed by atoms with Crippen LogP contribution < -0.4 is 10.2 Å². The molecule has 168 valence electrons. The van der Waals surface area contributed by atoms with Crippen LogP contribution in [-0.2, 0) is 0 Å². The van der Waals surface area contributed by atoms with Gasteiger partial charge in [0.25, 0.3) is 5.91 Å². The molecule has 0 spiro atoms. The number of benzene rings is 1. The molecule has 1 saturated heterocycles. The summed E-state index contributed by atoms with van der Waals surface area (Å²) in [6.07, 6.45) is -3.35. The zero-order valence-corrected chi connectivity index (χ0v) is 17.1. The van der Waals surface area contributed by atoms with Crippen molar-refractivity contribution >= 4 is 17.4 Å². The van der Waals surface area contributed by atoms with E-state index in [9.17, 15) is 18.0 Å². The summed E-state index contributed by atoms with van der Waals surface area (Å²) in [6, 6.07) is 12.1. The third-order valence-electron chi connectivity index (χ3n) is 5.98. The van der Waals surface area contributed by atoms with Gasteiger partial charge < -0.3 is 19.5 Å². The molecule has 3 aromatic rings. The first-order chi connectivity index (χ1) is 15.4. The van der Waals surface area contributed by atoms with Crippen molar-refractivity contribution in [2.24, 2.45) is 0 Å². The van der Waals surface area contributed by atoms with Crippen LogP contribution in [0.1, 0.15) is 34.8 Å². The van der Waals surface area contributed by atoms with Gasteiger partial charge in [0, 0.05) is 44.4 Å². The topological polar surface area (TPSA) is 66.5 Å². The van der Waals surface area contributed by atoms with Crippen LogP contribution in [0.3, 0.4) is 0 Å². The summed E-state index contributed by atoms with van der Waals surface area (Å²) in [7, 11) is 0. The Morgan fingerprint density at radius 3 is 2.47 bits per heavy atom. The van der Waals surface area contributed by atoms with E-state index in [0.29, 0.717) is 31.9 Å². The monoisotopic (exact) mass is 445 g/mol. The van der Waals surface area contributed by atoms with Gasteiger partial charge in [-0.1, -0.05) is 18.2 Å². The van der Waals surface area contributed by atoms with E-state index < -0.39 is 18.3 Å². The number of anilines is 2. The minimum atomic E-state index is -4.50. The van der Waals surface area contributed by atoms with Crippen LogP contribution in [0.2, 0.25) is 0 Å². The van der Waals surface area contributed by atoms with Crippen LogP contribution >= 0.6 is 0 Å². The van der Waals surface area contributed by atoms with Crippen LogP contribution in [-0.4, -0.2) is 52.9 Å². The molecule has 5 rings (SSSR count). The van der Waals surface area contributed by atoms with Gasteiger partial charge in [0.05, 0.1) is 12.3 Å². The summed E-state index contributed by atoms with van der Waals surface area (Å²) in [4.78, 5) is 16.8. The predicted octanol–water partition coefficient (Wildman–Crippen LogP) is 4.10. The van der Waals surface area contributed by atoms with E-state index in [1.807, 2.05) is 30.3 Å². The number of aromatic nitrogens is 2. The van der Waals surface area contributed by atoms with Crippen molar-refractivity contribution in [3.05, 3.63) is 66.2 Å². The third-order valence-corrected chi connectivity index (χ3v) is 5.98. The highest BCUT2D eigenvalue weighted by atomic mass is 19.4. The van der Waals surface area contributed by atoms with Crippen molar-refractivity contribution in [3.63, 3.8) is 0 Å². The smallest absolute Gasteiger partial charge is 0.410 e. The van der Waals surface area contributed by atoms with Crippen molar-refractivity contribution < 1.29 is 22.4 Å². The number of hydrogen-bond acceptors (Lipinski definition) is 5. The number of rotatable bonds is 3. The molecule has 2 aliphatic rings. The number of carbonyl (C=O) groups is 1. The molecule has 2 atom stereocenters. The molecule has 0 saturated carbocycles. The second-order valence-electron chi connectivity index (χ2n) is 7.98. The molecule has 7 nitrogen and oxygen atoms in total. The average Bonchev–Trinajstić information content (AvgIpc) is 3.48. The maximum absolute atomic E-state index is 13.8. The molecule has 2 aliphatic heterocycles. The van der Waals surface area contributed by atoms with Gasteiger partial charge in [-0.3, -0.25) is 4.79 Å². The van der Waals surface area contributed by atoms with E-state index in [1.165, 1.54) is 12.3 Å². The Morgan fingerprint density at radius 1 is 1.06 bits per heavy atom. The van der Waals surface area contributed by atoms with Gasteiger partial charge in [-0.05, 0) is 24.3 Å². The van der Waals surface area contributed by atoms with Crippen LogP contribution in [0, 0.1) is 0 Å². The minimum Gasteiger partial charge on any atom is -0.467 e. The van der Waals surface area contributed by atoms with Crippen LogP contribution in [0.4, 0.5) is 24.7 Å².